The molecular weight excluding hydrogens is 315 g/mol. The maximum absolute atomic E-state index is 13.0. The van der Waals surface area contributed by atoms with Gasteiger partial charge >= 0.3 is 0 Å². The van der Waals surface area contributed by atoms with Crippen molar-refractivity contribution in [2.24, 2.45) is 5.92 Å². The first-order valence-corrected chi connectivity index (χ1v) is 8.26. The fourth-order valence-corrected chi connectivity index (χ4v) is 3.23. The summed E-state index contributed by atoms with van der Waals surface area (Å²) in [7, 11) is 0. The Kier molecular flexibility index (Phi) is 5.26. The average Bonchev–Trinajstić information content (AvgIpc) is 2.58. The van der Waals surface area contributed by atoms with Gasteiger partial charge in [-0.3, -0.25) is 4.90 Å². The molecule has 23 heavy (non-hydrogen) atoms. The summed E-state index contributed by atoms with van der Waals surface area (Å²) >= 11 is 5.80. The van der Waals surface area contributed by atoms with Crippen LogP contribution in [0.25, 0.3) is 0 Å². The number of hydrogen-bond acceptors (Lipinski definition) is 3. The van der Waals surface area contributed by atoms with Crippen LogP contribution in [0.1, 0.15) is 30.1 Å². The molecule has 0 amide bonds. The molecule has 1 aliphatic heterocycles. The average molecular weight is 335 g/mol. The molecule has 0 saturated carbocycles. The molecule has 0 aliphatic carbocycles. The number of aliphatic hydroxyl groups is 1. The summed E-state index contributed by atoms with van der Waals surface area (Å²) in [5.74, 6) is -0.0487. The smallest absolute Gasteiger partial charge is 0.129 e. The highest BCUT2D eigenvalue weighted by Crippen LogP contribution is 2.31. The Morgan fingerprint density at radius 3 is 2.48 bits per heavy atom. The van der Waals surface area contributed by atoms with Crippen LogP contribution in [0.2, 0.25) is 5.15 Å². The number of rotatable bonds is 4. The van der Waals surface area contributed by atoms with Crippen LogP contribution in [-0.2, 0) is 6.54 Å². The fourth-order valence-electron chi connectivity index (χ4n) is 3.12. The largest absolute Gasteiger partial charge is 0.388 e. The predicted molar refractivity (Wildman–Crippen MR) is 88.6 cm³/mol. The maximum atomic E-state index is 13.0. The van der Waals surface area contributed by atoms with E-state index in [1.807, 2.05) is 18.3 Å². The summed E-state index contributed by atoms with van der Waals surface area (Å²) in [6.07, 6.45) is 3.15. The minimum absolute atomic E-state index is 0.222. The summed E-state index contributed by atoms with van der Waals surface area (Å²) in [5, 5.41) is 11.0. The zero-order valence-corrected chi connectivity index (χ0v) is 13.6. The molecule has 1 saturated heterocycles. The molecule has 1 atom stereocenters. The lowest BCUT2D eigenvalue weighted by atomic mass is 9.87. The van der Waals surface area contributed by atoms with Gasteiger partial charge < -0.3 is 5.11 Å². The van der Waals surface area contributed by atoms with Crippen LogP contribution < -0.4 is 0 Å². The van der Waals surface area contributed by atoms with Crippen LogP contribution in [0, 0.1) is 11.7 Å². The number of piperidine rings is 1. The molecule has 1 aromatic carbocycles. The van der Waals surface area contributed by atoms with Crippen molar-refractivity contribution in [3.8, 4) is 0 Å². The standard InChI is InChI=1S/C18H20ClFN2O/c19-17-6-1-13(11-21-17)12-22-9-7-15(8-10-22)18(23)14-2-4-16(20)5-3-14/h1-6,11,15,18,23H,7-10,12H2. The second-order valence-corrected chi connectivity index (χ2v) is 6.49. The van der Waals surface area contributed by atoms with Gasteiger partial charge in [0.05, 0.1) is 6.10 Å². The van der Waals surface area contributed by atoms with E-state index in [1.165, 1.54) is 12.1 Å². The quantitative estimate of drug-likeness (QED) is 0.863. The molecule has 0 spiro atoms. The summed E-state index contributed by atoms with van der Waals surface area (Å²) in [6, 6.07) is 9.96. The maximum Gasteiger partial charge on any atom is 0.129 e. The van der Waals surface area contributed by atoms with Crippen LogP contribution in [0.4, 0.5) is 4.39 Å². The first-order chi connectivity index (χ1) is 11.1. The number of halogens is 2. The monoisotopic (exact) mass is 334 g/mol. The lowest BCUT2D eigenvalue weighted by Gasteiger charge is -2.34. The normalized spacial score (nSPS) is 18.0. The molecule has 2 aromatic rings. The highest BCUT2D eigenvalue weighted by Gasteiger charge is 2.26. The Morgan fingerprint density at radius 2 is 1.87 bits per heavy atom. The van der Waals surface area contributed by atoms with Gasteiger partial charge in [0, 0.05) is 12.7 Å². The number of likely N-dealkylation sites (tertiary alicyclic amines) is 1. The number of aliphatic hydroxyl groups excluding tert-OH is 1. The van der Waals surface area contributed by atoms with Crippen LogP contribution in [0.3, 0.4) is 0 Å². The minimum atomic E-state index is -0.519. The molecule has 5 heteroatoms. The molecule has 1 unspecified atom stereocenters. The number of hydrogen-bond donors (Lipinski definition) is 1. The SMILES string of the molecule is OC(c1ccc(F)cc1)C1CCN(Cc2ccc(Cl)nc2)CC1. The second kappa shape index (κ2) is 7.39. The van der Waals surface area contributed by atoms with E-state index in [2.05, 4.69) is 9.88 Å². The molecular formula is C18H20ClFN2O. The van der Waals surface area contributed by atoms with Crippen LogP contribution >= 0.6 is 11.6 Å². The first-order valence-electron chi connectivity index (χ1n) is 7.88. The Labute approximate surface area is 140 Å². The summed E-state index contributed by atoms with van der Waals surface area (Å²) in [4.78, 5) is 6.46. The van der Waals surface area contributed by atoms with Crippen molar-refractivity contribution < 1.29 is 9.50 Å². The zero-order chi connectivity index (χ0) is 16.2. The Balaban J connectivity index is 1.53. The van der Waals surface area contributed by atoms with Crippen LogP contribution in [-0.4, -0.2) is 28.1 Å². The van der Waals surface area contributed by atoms with Crippen molar-refractivity contribution in [1.82, 2.24) is 9.88 Å². The van der Waals surface area contributed by atoms with E-state index in [9.17, 15) is 9.50 Å². The second-order valence-electron chi connectivity index (χ2n) is 6.10. The summed E-state index contributed by atoms with van der Waals surface area (Å²) in [6.45, 7) is 2.72. The molecule has 1 N–H and O–H groups in total. The highest BCUT2D eigenvalue weighted by atomic mass is 35.5. The molecule has 3 nitrogen and oxygen atoms in total. The molecule has 1 aromatic heterocycles. The van der Waals surface area contributed by atoms with E-state index in [0.29, 0.717) is 5.15 Å². The molecule has 2 heterocycles. The van der Waals surface area contributed by atoms with Gasteiger partial charge in [0.1, 0.15) is 11.0 Å². The zero-order valence-electron chi connectivity index (χ0n) is 12.8. The number of benzene rings is 1. The topological polar surface area (TPSA) is 36.4 Å². The van der Waals surface area contributed by atoms with Gasteiger partial charge in [0.2, 0.25) is 0 Å². The lowest BCUT2D eigenvalue weighted by Crippen LogP contribution is -2.35. The van der Waals surface area contributed by atoms with E-state index in [1.54, 1.807) is 12.1 Å². The Morgan fingerprint density at radius 1 is 1.17 bits per heavy atom. The molecule has 3 rings (SSSR count). The van der Waals surface area contributed by atoms with Gasteiger partial charge in [-0.2, -0.15) is 0 Å². The first kappa shape index (κ1) is 16.4. The lowest BCUT2D eigenvalue weighted by molar-refractivity contribution is 0.0567. The van der Waals surface area contributed by atoms with Gasteiger partial charge in [0.25, 0.3) is 0 Å². The van der Waals surface area contributed by atoms with Gasteiger partial charge in [-0.05, 0) is 61.2 Å². The van der Waals surface area contributed by atoms with Gasteiger partial charge in [-0.1, -0.05) is 29.8 Å². The van der Waals surface area contributed by atoms with Gasteiger partial charge in [0.15, 0.2) is 0 Å². The van der Waals surface area contributed by atoms with Crippen molar-refractivity contribution in [2.75, 3.05) is 13.1 Å². The van der Waals surface area contributed by atoms with E-state index in [0.717, 1.165) is 43.6 Å². The number of pyridine rings is 1. The molecule has 1 aliphatic rings. The molecule has 122 valence electrons. The van der Waals surface area contributed by atoms with Crippen molar-refractivity contribution in [2.45, 2.75) is 25.5 Å². The summed E-state index contributed by atoms with van der Waals surface area (Å²) in [5.41, 5.74) is 1.94. The number of nitrogens with zero attached hydrogens (tertiary/aromatic N) is 2. The van der Waals surface area contributed by atoms with E-state index >= 15 is 0 Å². The number of aromatic nitrogens is 1. The van der Waals surface area contributed by atoms with E-state index < -0.39 is 6.10 Å². The van der Waals surface area contributed by atoms with E-state index in [-0.39, 0.29) is 11.7 Å². The van der Waals surface area contributed by atoms with Gasteiger partial charge in [-0.25, -0.2) is 9.37 Å². The van der Waals surface area contributed by atoms with Crippen molar-refractivity contribution in [3.05, 3.63) is 64.7 Å². The Hall–Kier alpha value is -1.49. The fraction of sp³-hybridized carbons (Fsp3) is 0.389. The van der Waals surface area contributed by atoms with Crippen LogP contribution in [0.15, 0.2) is 42.6 Å². The third-order valence-corrected chi connectivity index (χ3v) is 4.71. The van der Waals surface area contributed by atoms with Crippen LogP contribution in [0.5, 0.6) is 0 Å². The van der Waals surface area contributed by atoms with Gasteiger partial charge in [-0.15, -0.1) is 0 Å². The predicted octanol–water partition coefficient (Wildman–Crippen LogP) is 3.82. The van der Waals surface area contributed by atoms with Crippen molar-refractivity contribution >= 4 is 11.6 Å². The van der Waals surface area contributed by atoms with E-state index in [4.69, 9.17) is 11.6 Å². The third-order valence-electron chi connectivity index (χ3n) is 4.49. The van der Waals surface area contributed by atoms with Crippen molar-refractivity contribution in [3.63, 3.8) is 0 Å². The third kappa shape index (κ3) is 4.28. The molecule has 0 bridgehead atoms. The minimum Gasteiger partial charge on any atom is -0.388 e. The Bertz CT molecular complexity index is 624. The highest BCUT2D eigenvalue weighted by molar-refractivity contribution is 6.29. The summed E-state index contributed by atoms with van der Waals surface area (Å²) < 4.78 is 13.0. The van der Waals surface area contributed by atoms with Crippen molar-refractivity contribution in [1.29, 1.82) is 0 Å². The molecule has 0 radical (unpaired) electrons. The molecule has 1 fully saturated rings.